The molecule has 0 unspecified atom stereocenters. The zero-order chi connectivity index (χ0) is 18.9. The molecule has 2 aromatic carbocycles. The maximum absolute atomic E-state index is 12.9. The van der Waals surface area contributed by atoms with Crippen LogP contribution in [0, 0.1) is 0 Å². The summed E-state index contributed by atoms with van der Waals surface area (Å²) < 4.78 is 38.7. The summed E-state index contributed by atoms with van der Waals surface area (Å²) in [6, 6.07) is 10.2. The first kappa shape index (κ1) is 18.8. The molecule has 0 saturated carbocycles. The van der Waals surface area contributed by atoms with Crippen LogP contribution in [-0.4, -0.2) is 11.1 Å². The molecule has 26 heavy (non-hydrogen) atoms. The average Bonchev–Trinajstić information content (AvgIpc) is 2.90. The molecular weight excluding hydrogens is 408 g/mol. The number of benzene rings is 2. The SMILES string of the molecule is O=C1NC(=Nc2ccc(Cl)c(C(F)(F)F)c2)S/C1=C\c1ccc(Cl)cc1. The molecule has 0 spiro atoms. The minimum atomic E-state index is -4.58. The van der Waals surface area contributed by atoms with Gasteiger partial charge in [0.05, 0.1) is 21.2 Å². The number of alkyl halides is 3. The third-order valence-electron chi connectivity index (χ3n) is 3.30. The minimum Gasteiger partial charge on any atom is -0.300 e. The first-order chi connectivity index (χ1) is 12.2. The monoisotopic (exact) mass is 416 g/mol. The van der Waals surface area contributed by atoms with Gasteiger partial charge in [0.2, 0.25) is 0 Å². The van der Waals surface area contributed by atoms with Gasteiger partial charge < -0.3 is 5.32 Å². The molecule has 0 atom stereocenters. The number of nitrogens with zero attached hydrogens (tertiary/aromatic N) is 1. The van der Waals surface area contributed by atoms with Gasteiger partial charge in [-0.2, -0.15) is 13.2 Å². The molecule has 9 heteroatoms. The standard InChI is InChI=1S/C17H9Cl2F3N2OS/c18-10-3-1-9(2-4-10)7-14-15(25)24-16(26-14)23-11-5-6-13(19)12(8-11)17(20,21)22/h1-8H,(H,23,24,25)/b14-7-. The van der Waals surface area contributed by atoms with Crippen molar-refractivity contribution in [1.29, 1.82) is 0 Å². The maximum atomic E-state index is 12.9. The van der Waals surface area contributed by atoms with Crippen molar-refractivity contribution in [2.24, 2.45) is 4.99 Å². The van der Waals surface area contributed by atoms with Crippen molar-refractivity contribution < 1.29 is 18.0 Å². The van der Waals surface area contributed by atoms with Gasteiger partial charge >= 0.3 is 6.18 Å². The Morgan fingerprint density at radius 1 is 1.08 bits per heavy atom. The van der Waals surface area contributed by atoms with Gasteiger partial charge in [-0.15, -0.1) is 0 Å². The number of carbonyl (C=O) groups is 1. The third-order valence-corrected chi connectivity index (χ3v) is 4.80. The van der Waals surface area contributed by atoms with Gasteiger partial charge in [-0.05, 0) is 53.7 Å². The number of hydrogen-bond acceptors (Lipinski definition) is 3. The molecule has 1 aliphatic heterocycles. The van der Waals surface area contributed by atoms with Gasteiger partial charge in [-0.3, -0.25) is 4.79 Å². The fourth-order valence-electron chi connectivity index (χ4n) is 2.11. The van der Waals surface area contributed by atoms with Crippen molar-refractivity contribution in [3.63, 3.8) is 0 Å². The molecule has 0 bridgehead atoms. The normalized spacial score (nSPS) is 17.8. The summed E-state index contributed by atoms with van der Waals surface area (Å²) in [6.45, 7) is 0. The van der Waals surface area contributed by atoms with Crippen LogP contribution < -0.4 is 5.32 Å². The van der Waals surface area contributed by atoms with E-state index in [2.05, 4.69) is 10.3 Å². The molecule has 0 aromatic heterocycles. The topological polar surface area (TPSA) is 41.5 Å². The second-order valence-corrected chi connectivity index (χ2v) is 7.07. The zero-order valence-electron chi connectivity index (χ0n) is 12.8. The van der Waals surface area contributed by atoms with Crippen LogP contribution in [0.3, 0.4) is 0 Å². The Bertz CT molecular complexity index is 925. The second kappa shape index (κ2) is 7.34. The van der Waals surface area contributed by atoms with E-state index < -0.39 is 16.8 Å². The largest absolute Gasteiger partial charge is 0.417 e. The fourth-order valence-corrected chi connectivity index (χ4v) is 3.30. The van der Waals surface area contributed by atoms with Crippen molar-refractivity contribution in [1.82, 2.24) is 5.32 Å². The highest BCUT2D eigenvalue weighted by atomic mass is 35.5. The van der Waals surface area contributed by atoms with Crippen LogP contribution in [0.15, 0.2) is 52.4 Å². The zero-order valence-corrected chi connectivity index (χ0v) is 15.1. The van der Waals surface area contributed by atoms with Gasteiger partial charge in [0.1, 0.15) is 0 Å². The highest BCUT2D eigenvalue weighted by Gasteiger charge is 2.33. The molecular formula is C17H9Cl2F3N2OS. The van der Waals surface area contributed by atoms with E-state index in [1.54, 1.807) is 30.3 Å². The smallest absolute Gasteiger partial charge is 0.300 e. The van der Waals surface area contributed by atoms with E-state index in [0.29, 0.717) is 9.93 Å². The van der Waals surface area contributed by atoms with E-state index in [-0.39, 0.29) is 16.8 Å². The molecule has 2 aromatic rings. The number of amides is 1. The maximum Gasteiger partial charge on any atom is 0.417 e. The fraction of sp³-hybridized carbons (Fsp3) is 0.0588. The third kappa shape index (κ3) is 4.41. The lowest BCUT2D eigenvalue weighted by Gasteiger charge is -2.09. The Kier molecular flexibility index (Phi) is 5.32. The van der Waals surface area contributed by atoms with Gasteiger partial charge in [0.25, 0.3) is 5.91 Å². The number of amidine groups is 1. The molecule has 1 saturated heterocycles. The van der Waals surface area contributed by atoms with Gasteiger partial charge in [0, 0.05) is 5.02 Å². The lowest BCUT2D eigenvalue weighted by Crippen LogP contribution is -2.19. The summed E-state index contributed by atoms with van der Waals surface area (Å²) in [7, 11) is 0. The van der Waals surface area contributed by atoms with Crippen LogP contribution in [0.1, 0.15) is 11.1 Å². The molecule has 1 amide bonds. The van der Waals surface area contributed by atoms with E-state index in [1.807, 2.05) is 0 Å². The Balaban J connectivity index is 1.85. The van der Waals surface area contributed by atoms with Crippen LogP contribution in [-0.2, 0) is 11.0 Å². The summed E-state index contributed by atoms with van der Waals surface area (Å²) in [5, 5.41) is 2.87. The molecule has 3 nitrogen and oxygen atoms in total. The molecule has 0 aliphatic carbocycles. The van der Waals surface area contributed by atoms with E-state index in [9.17, 15) is 18.0 Å². The van der Waals surface area contributed by atoms with Crippen LogP contribution in [0.5, 0.6) is 0 Å². The predicted molar refractivity (Wildman–Crippen MR) is 98.7 cm³/mol. The quantitative estimate of drug-likeness (QED) is 0.618. The van der Waals surface area contributed by atoms with Crippen molar-refractivity contribution in [2.45, 2.75) is 6.18 Å². The minimum absolute atomic E-state index is 0.0391. The summed E-state index contributed by atoms with van der Waals surface area (Å²) >= 11 is 12.4. The number of rotatable bonds is 2. The molecule has 1 aliphatic rings. The van der Waals surface area contributed by atoms with Crippen molar-refractivity contribution >= 4 is 57.8 Å². The molecule has 1 heterocycles. The van der Waals surface area contributed by atoms with E-state index in [1.165, 1.54) is 6.07 Å². The number of nitrogens with one attached hydrogen (secondary N) is 1. The number of carbonyl (C=O) groups excluding carboxylic acids is 1. The summed E-state index contributed by atoms with van der Waals surface area (Å²) in [6.07, 6.45) is -2.94. The number of hydrogen-bond donors (Lipinski definition) is 1. The first-order valence-electron chi connectivity index (χ1n) is 7.14. The summed E-state index contributed by atoms with van der Waals surface area (Å²) in [5.74, 6) is -0.381. The van der Waals surface area contributed by atoms with Crippen LogP contribution in [0.4, 0.5) is 18.9 Å². The summed E-state index contributed by atoms with van der Waals surface area (Å²) in [4.78, 5) is 16.4. The molecule has 0 radical (unpaired) electrons. The molecule has 3 rings (SSSR count). The van der Waals surface area contributed by atoms with Crippen LogP contribution >= 0.6 is 35.0 Å². The number of thioether (sulfide) groups is 1. The highest BCUT2D eigenvalue weighted by Crippen LogP contribution is 2.37. The van der Waals surface area contributed by atoms with Crippen LogP contribution in [0.25, 0.3) is 6.08 Å². The van der Waals surface area contributed by atoms with E-state index in [4.69, 9.17) is 23.2 Å². The first-order valence-corrected chi connectivity index (χ1v) is 8.71. The van der Waals surface area contributed by atoms with Gasteiger partial charge in [-0.25, -0.2) is 4.99 Å². The number of aliphatic imine (C=N–C) groups is 1. The Morgan fingerprint density at radius 2 is 1.77 bits per heavy atom. The van der Waals surface area contributed by atoms with Gasteiger partial charge in [0.15, 0.2) is 5.17 Å². The lowest BCUT2D eigenvalue weighted by atomic mass is 10.2. The lowest BCUT2D eigenvalue weighted by molar-refractivity contribution is -0.137. The predicted octanol–water partition coefficient (Wildman–Crippen LogP) is 5.90. The number of halogens is 5. The summed E-state index contributed by atoms with van der Waals surface area (Å²) in [5.41, 5.74) is -0.177. The Morgan fingerprint density at radius 3 is 2.42 bits per heavy atom. The highest BCUT2D eigenvalue weighted by molar-refractivity contribution is 8.18. The molecule has 1 N–H and O–H groups in total. The van der Waals surface area contributed by atoms with Gasteiger partial charge in [-0.1, -0.05) is 35.3 Å². The molecule has 1 fully saturated rings. The van der Waals surface area contributed by atoms with Crippen molar-refractivity contribution in [2.75, 3.05) is 0 Å². The van der Waals surface area contributed by atoms with E-state index in [0.717, 1.165) is 29.5 Å². The van der Waals surface area contributed by atoms with E-state index >= 15 is 0 Å². The Labute approximate surface area is 160 Å². The second-order valence-electron chi connectivity index (χ2n) is 5.20. The average molecular weight is 417 g/mol. The van der Waals surface area contributed by atoms with Crippen LogP contribution in [0.2, 0.25) is 10.0 Å². The van der Waals surface area contributed by atoms with Crippen molar-refractivity contribution in [3.8, 4) is 0 Å². The Hall–Kier alpha value is -1.96. The van der Waals surface area contributed by atoms with Crippen molar-refractivity contribution in [3.05, 3.63) is 68.5 Å². The molecule has 134 valence electrons.